The predicted molar refractivity (Wildman–Crippen MR) is 130 cm³/mol. The predicted octanol–water partition coefficient (Wildman–Crippen LogP) is 4.57. The zero-order valence-corrected chi connectivity index (χ0v) is 18.8. The fourth-order valence-corrected chi connectivity index (χ4v) is 5.02. The van der Waals surface area contributed by atoms with Crippen LogP contribution in [-0.4, -0.2) is 23.7 Å². The van der Waals surface area contributed by atoms with Crippen molar-refractivity contribution >= 4 is 18.2 Å². The molecule has 0 aliphatic heterocycles. The maximum Gasteiger partial charge on any atom is 0.251 e. The number of carbonyl (C=O) groups excluding carboxylic acids is 1. The third-order valence-electron chi connectivity index (χ3n) is 6.23. The van der Waals surface area contributed by atoms with Crippen molar-refractivity contribution in [1.82, 2.24) is 10.3 Å². The van der Waals surface area contributed by atoms with Crippen LogP contribution in [0.2, 0.25) is 0 Å². The molecule has 5 nitrogen and oxygen atoms in total. The van der Waals surface area contributed by atoms with Crippen molar-refractivity contribution in [2.45, 2.75) is 39.2 Å². The number of fused-ring (bicyclic) bond motifs is 4. The van der Waals surface area contributed by atoms with Crippen LogP contribution in [0, 0.1) is 5.92 Å². The number of allylic oxidation sites excluding steroid dienone is 3. The molecule has 0 spiro atoms. The topological polar surface area (TPSA) is 74.3 Å². The highest BCUT2D eigenvalue weighted by molar-refractivity contribution is 5.94. The molecule has 4 rings (SSSR count). The van der Waals surface area contributed by atoms with Gasteiger partial charge in [-0.15, -0.1) is 0 Å². The monoisotopic (exact) mass is 427 g/mol. The van der Waals surface area contributed by atoms with E-state index < -0.39 is 5.54 Å². The molecule has 2 aliphatic carbocycles. The number of benzene rings is 1. The summed E-state index contributed by atoms with van der Waals surface area (Å²) in [5.74, 6) is 0.172. The lowest BCUT2D eigenvalue weighted by molar-refractivity contribution is 0.0956. The molecule has 32 heavy (non-hydrogen) atoms. The summed E-state index contributed by atoms with van der Waals surface area (Å²) in [6.07, 6.45) is 11.8. The SMILES string of the molecule is C/C=C1\[C@H]2C=C(C)C[C@]1(N=CC=Cc1cccc(C(=O)NCC)c1)c1ccc(=O)[nH]c1C2. The van der Waals surface area contributed by atoms with Crippen LogP contribution < -0.4 is 10.9 Å². The number of hydrogen-bond donors (Lipinski definition) is 2. The van der Waals surface area contributed by atoms with Gasteiger partial charge in [-0.2, -0.15) is 0 Å². The Bertz CT molecular complexity index is 1220. The van der Waals surface area contributed by atoms with Gasteiger partial charge in [0.05, 0.1) is 0 Å². The summed E-state index contributed by atoms with van der Waals surface area (Å²) >= 11 is 0. The van der Waals surface area contributed by atoms with Gasteiger partial charge in [-0.1, -0.05) is 35.9 Å². The molecule has 2 bridgehead atoms. The van der Waals surface area contributed by atoms with Crippen molar-refractivity contribution < 1.29 is 4.79 Å². The zero-order valence-electron chi connectivity index (χ0n) is 18.8. The first-order valence-electron chi connectivity index (χ1n) is 11.1. The van der Waals surface area contributed by atoms with Gasteiger partial charge in [-0.25, -0.2) is 0 Å². The van der Waals surface area contributed by atoms with Crippen molar-refractivity contribution in [1.29, 1.82) is 0 Å². The first-order chi connectivity index (χ1) is 15.5. The Morgan fingerprint density at radius 2 is 2.16 bits per heavy atom. The van der Waals surface area contributed by atoms with Crippen LogP contribution in [0.25, 0.3) is 6.08 Å². The average Bonchev–Trinajstić information content (AvgIpc) is 2.76. The molecule has 1 heterocycles. The number of H-pyrrole nitrogens is 1. The molecular formula is C27H29N3O2. The van der Waals surface area contributed by atoms with E-state index in [1.807, 2.05) is 55.6 Å². The third-order valence-corrected chi connectivity index (χ3v) is 6.23. The normalized spacial score (nSPS) is 23.4. The van der Waals surface area contributed by atoms with Crippen LogP contribution in [0.3, 0.4) is 0 Å². The molecule has 2 atom stereocenters. The number of aromatic nitrogens is 1. The molecule has 2 aromatic rings. The summed E-state index contributed by atoms with van der Waals surface area (Å²) in [6.45, 7) is 6.73. The smallest absolute Gasteiger partial charge is 0.251 e. The number of amides is 1. The van der Waals surface area contributed by atoms with E-state index in [9.17, 15) is 9.59 Å². The molecule has 1 aromatic carbocycles. The van der Waals surface area contributed by atoms with Gasteiger partial charge < -0.3 is 10.3 Å². The molecule has 2 N–H and O–H groups in total. The summed E-state index contributed by atoms with van der Waals surface area (Å²) in [5, 5.41) is 2.83. The number of carbonyl (C=O) groups is 1. The van der Waals surface area contributed by atoms with Crippen molar-refractivity contribution in [3.8, 4) is 0 Å². The van der Waals surface area contributed by atoms with E-state index in [1.165, 1.54) is 11.1 Å². The number of pyridine rings is 1. The van der Waals surface area contributed by atoms with E-state index in [-0.39, 0.29) is 17.4 Å². The van der Waals surface area contributed by atoms with Crippen molar-refractivity contribution in [2.75, 3.05) is 6.54 Å². The highest BCUT2D eigenvalue weighted by atomic mass is 16.1. The molecule has 0 fully saturated rings. The minimum absolute atomic E-state index is 0.0718. The van der Waals surface area contributed by atoms with Gasteiger partial charge in [0.2, 0.25) is 5.56 Å². The van der Waals surface area contributed by atoms with Crippen LogP contribution in [-0.2, 0) is 12.0 Å². The van der Waals surface area contributed by atoms with Crippen molar-refractivity contribution in [3.63, 3.8) is 0 Å². The van der Waals surface area contributed by atoms with Crippen molar-refractivity contribution in [2.24, 2.45) is 10.9 Å². The Balaban J connectivity index is 1.68. The Morgan fingerprint density at radius 3 is 2.94 bits per heavy atom. The Kier molecular flexibility index (Phi) is 6.08. The third kappa shape index (κ3) is 4.03. The number of aromatic amines is 1. The molecule has 1 aromatic heterocycles. The van der Waals surface area contributed by atoms with Gasteiger partial charge in [0, 0.05) is 48.0 Å². The second-order valence-corrected chi connectivity index (χ2v) is 8.44. The Morgan fingerprint density at radius 1 is 1.31 bits per heavy atom. The fourth-order valence-electron chi connectivity index (χ4n) is 5.02. The maximum absolute atomic E-state index is 12.1. The Hall–Kier alpha value is -3.47. The quantitative estimate of drug-likeness (QED) is 0.542. The highest BCUT2D eigenvalue weighted by Crippen LogP contribution is 2.51. The summed E-state index contributed by atoms with van der Waals surface area (Å²) < 4.78 is 0. The second kappa shape index (κ2) is 8.95. The van der Waals surface area contributed by atoms with Crippen LogP contribution in [0.4, 0.5) is 0 Å². The van der Waals surface area contributed by atoms with Gasteiger partial charge in [0.1, 0.15) is 5.54 Å². The summed E-state index contributed by atoms with van der Waals surface area (Å²) in [4.78, 5) is 32.2. The van der Waals surface area contributed by atoms with Gasteiger partial charge >= 0.3 is 0 Å². The lowest BCUT2D eigenvalue weighted by Crippen LogP contribution is -2.40. The molecular weight excluding hydrogens is 398 g/mol. The molecule has 0 unspecified atom stereocenters. The lowest BCUT2D eigenvalue weighted by atomic mass is 9.63. The van der Waals surface area contributed by atoms with E-state index in [4.69, 9.17) is 4.99 Å². The number of rotatable bonds is 5. The van der Waals surface area contributed by atoms with Crippen molar-refractivity contribution in [3.05, 3.63) is 98.5 Å². The molecule has 5 heteroatoms. The molecule has 0 radical (unpaired) electrons. The van der Waals surface area contributed by atoms with Gasteiger partial charge in [-0.05, 0) is 62.6 Å². The molecule has 0 saturated heterocycles. The largest absolute Gasteiger partial charge is 0.352 e. The van der Waals surface area contributed by atoms with E-state index in [0.29, 0.717) is 12.1 Å². The second-order valence-electron chi connectivity index (χ2n) is 8.44. The number of hydrogen-bond acceptors (Lipinski definition) is 3. The van der Waals surface area contributed by atoms with Crippen LogP contribution in [0.15, 0.2) is 75.6 Å². The number of nitrogens with zero attached hydrogens (tertiary/aromatic N) is 1. The van der Waals surface area contributed by atoms with Crippen LogP contribution in [0.1, 0.15) is 54.4 Å². The van der Waals surface area contributed by atoms with E-state index in [1.54, 1.807) is 6.07 Å². The standard InChI is InChI=1S/C27H29N3O2/c1-4-22-21-14-18(3)17-27(22,23-11-12-25(31)30-24(23)16-21)29-13-7-9-19-8-6-10-20(15-19)26(32)28-5-2/h4,6-15,21H,5,16-17H2,1-3H3,(H,28,32)(H,30,31)/b9-7?,22-4+,29-13?/t21-,27+/m0/s1. The Labute approximate surface area is 188 Å². The molecule has 2 aliphatic rings. The first kappa shape index (κ1) is 21.8. The summed E-state index contributed by atoms with van der Waals surface area (Å²) in [7, 11) is 0. The molecule has 1 amide bonds. The highest BCUT2D eigenvalue weighted by Gasteiger charge is 2.46. The minimum Gasteiger partial charge on any atom is -0.352 e. The maximum atomic E-state index is 12.1. The molecule has 0 saturated carbocycles. The van der Waals surface area contributed by atoms with E-state index in [0.717, 1.165) is 29.7 Å². The molecule has 164 valence electrons. The van der Waals surface area contributed by atoms with E-state index in [2.05, 4.69) is 36.3 Å². The van der Waals surface area contributed by atoms with E-state index >= 15 is 0 Å². The van der Waals surface area contributed by atoms with Crippen LogP contribution >= 0.6 is 0 Å². The van der Waals surface area contributed by atoms with Crippen LogP contribution in [0.5, 0.6) is 0 Å². The number of nitrogens with one attached hydrogen (secondary N) is 2. The number of aliphatic imine (C=N–C) groups is 1. The van der Waals surface area contributed by atoms with Gasteiger partial charge in [0.15, 0.2) is 0 Å². The summed E-state index contributed by atoms with van der Waals surface area (Å²) in [6, 6.07) is 11.1. The zero-order chi connectivity index (χ0) is 22.7. The van der Waals surface area contributed by atoms with Gasteiger partial charge in [-0.3, -0.25) is 14.6 Å². The minimum atomic E-state index is -0.497. The average molecular weight is 428 g/mol. The lowest BCUT2D eigenvalue weighted by Gasteiger charge is -2.45. The summed E-state index contributed by atoms with van der Waals surface area (Å²) in [5.41, 5.74) is 5.67. The van der Waals surface area contributed by atoms with Gasteiger partial charge in [0.25, 0.3) is 5.91 Å². The fraction of sp³-hybridized carbons (Fsp3) is 0.296. The first-order valence-corrected chi connectivity index (χ1v) is 11.1.